The monoisotopic (exact) mass is 262 g/mol. The third-order valence-corrected chi connectivity index (χ3v) is 3.86. The van der Waals surface area contributed by atoms with Crippen molar-refractivity contribution in [2.45, 2.75) is 26.3 Å². The van der Waals surface area contributed by atoms with Crippen LogP contribution in [-0.2, 0) is 4.79 Å². The fourth-order valence-electron chi connectivity index (χ4n) is 1.66. The van der Waals surface area contributed by atoms with Gasteiger partial charge in [0.25, 0.3) is 0 Å². The number of hydrogen-bond acceptors (Lipinski definition) is 3. The van der Waals surface area contributed by atoms with Gasteiger partial charge in [-0.1, -0.05) is 6.92 Å². The molecule has 1 heterocycles. The van der Waals surface area contributed by atoms with Gasteiger partial charge < -0.3 is 10.6 Å². The second-order valence-corrected chi connectivity index (χ2v) is 5.36. The van der Waals surface area contributed by atoms with Gasteiger partial charge in [0, 0.05) is 16.4 Å². The van der Waals surface area contributed by atoms with Crippen LogP contribution in [0.5, 0.6) is 0 Å². The molecule has 0 saturated carbocycles. The molecule has 96 valence electrons. The molecule has 1 atom stereocenters. The number of fused-ring (bicyclic) bond motifs is 1. The van der Waals surface area contributed by atoms with Crippen LogP contribution in [0.1, 0.15) is 20.3 Å². The van der Waals surface area contributed by atoms with Crippen LogP contribution in [0.4, 0.5) is 5.69 Å². The Morgan fingerprint density at radius 2 is 2.22 bits per heavy atom. The van der Waals surface area contributed by atoms with Gasteiger partial charge in [-0.2, -0.15) is 0 Å². The quantitative estimate of drug-likeness (QED) is 0.868. The van der Waals surface area contributed by atoms with Gasteiger partial charge in [-0.25, -0.2) is 0 Å². The Bertz CT molecular complexity index is 535. The molecule has 1 aromatic carbocycles. The normalized spacial score (nSPS) is 12.6. The SMILES string of the molecule is CCC(C)NCC(=O)Nc1ccc2sccc2c1. The van der Waals surface area contributed by atoms with Crippen molar-refractivity contribution < 1.29 is 4.79 Å². The van der Waals surface area contributed by atoms with Gasteiger partial charge in [0.1, 0.15) is 0 Å². The molecule has 0 aliphatic rings. The smallest absolute Gasteiger partial charge is 0.238 e. The number of carbonyl (C=O) groups excluding carboxylic acids is 1. The van der Waals surface area contributed by atoms with Crippen molar-refractivity contribution in [3.63, 3.8) is 0 Å². The zero-order chi connectivity index (χ0) is 13.0. The van der Waals surface area contributed by atoms with E-state index in [2.05, 4.69) is 35.9 Å². The van der Waals surface area contributed by atoms with Gasteiger partial charge >= 0.3 is 0 Å². The highest BCUT2D eigenvalue weighted by Crippen LogP contribution is 2.23. The van der Waals surface area contributed by atoms with Crippen LogP contribution in [0.15, 0.2) is 29.6 Å². The summed E-state index contributed by atoms with van der Waals surface area (Å²) in [5.41, 5.74) is 0.858. The van der Waals surface area contributed by atoms with E-state index in [9.17, 15) is 4.79 Å². The molecule has 0 radical (unpaired) electrons. The van der Waals surface area contributed by atoms with Crippen molar-refractivity contribution in [1.29, 1.82) is 0 Å². The maximum absolute atomic E-state index is 11.7. The average molecular weight is 262 g/mol. The third-order valence-electron chi connectivity index (χ3n) is 2.96. The van der Waals surface area contributed by atoms with Crippen LogP contribution in [0, 0.1) is 0 Å². The van der Waals surface area contributed by atoms with Gasteiger partial charge in [0.05, 0.1) is 6.54 Å². The molecule has 0 bridgehead atoms. The second kappa shape index (κ2) is 5.98. The van der Waals surface area contributed by atoms with Gasteiger partial charge in [-0.3, -0.25) is 4.79 Å². The summed E-state index contributed by atoms with van der Waals surface area (Å²) in [6, 6.07) is 8.42. The van der Waals surface area contributed by atoms with E-state index in [0.717, 1.165) is 12.1 Å². The van der Waals surface area contributed by atoms with Gasteiger partial charge in [0.15, 0.2) is 0 Å². The summed E-state index contributed by atoms with van der Waals surface area (Å²) in [4.78, 5) is 11.7. The second-order valence-electron chi connectivity index (χ2n) is 4.41. The molecular weight excluding hydrogens is 244 g/mol. The summed E-state index contributed by atoms with van der Waals surface area (Å²) < 4.78 is 1.24. The molecular formula is C14H18N2OS. The number of rotatable bonds is 5. The van der Waals surface area contributed by atoms with E-state index in [-0.39, 0.29) is 5.91 Å². The molecule has 0 spiro atoms. The van der Waals surface area contributed by atoms with E-state index >= 15 is 0 Å². The predicted molar refractivity (Wildman–Crippen MR) is 78.2 cm³/mol. The van der Waals surface area contributed by atoms with E-state index in [0.29, 0.717) is 12.6 Å². The highest BCUT2D eigenvalue weighted by molar-refractivity contribution is 7.17. The molecule has 0 fully saturated rings. The maximum Gasteiger partial charge on any atom is 0.238 e. The summed E-state index contributed by atoms with van der Waals surface area (Å²) in [6.07, 6.45) is 1.02. The Labute approximate surface area is 111 Å². The Morgan fingerprint density at radius 3 is 3.00 bits per heavy atom. The molecule has 4 heteroatoms. The van der Waals surface area contributed by atoms with Crippen LogP contribution < -0.4 is 10.6 Å². The lowest BCUT2D eigenvalue weighted by Gasteiger charge is -2.11. The lowest BCUT2D eigenvalue weighted by atomic mass is 10.2. The number of hydrogen-bond donors (Lipinski definition) is 2. The van der Waals surface area contributed by atoms with Crippen molar-refractivity contribution in [2.75, 3.05) is 11.9 Å². The molecule has 0 aliphatic heterocycles. The minimum Gasteiger partial charge on any atom is -0.325 e. The van der Waals surface area contributed by atoms with Crippen LogP contribution in [0.2, 0.25) is 0 Å². The Balaban J connectivity index is 1.94. The lowest BCUT2D eigenvalue weighted by molar-refractivity contribution is -0.115. The summed E-state index contributed by atoms with van der Waals surface area (Å²) in [5, 5.41) is 9.31. The first kappa shape index (κ1) is 13.1. The number of thiophene rings is 1. The van der Waals surface area contributed by atoms with E-state index < -0.39 is 0 Å². The molecule has 2 aromatic rings. The Hall–Kier alpha value is -1.39. The molecule has 3 nitrogen and oxygen atoms in total. The van der Waals surface area contributed by atoms with Gasteiger partial charge in [-0.15, -0.1) is 11.3 Å². The minimum absolute atomic E-state index is 0.00452. The molecule has 0 saturated heterocycles. The van der Waals surface area contributed by atoms with Crippen molar-refractivity contribution in [3.8, 4) is 0 Å². The maximum atomic E-state index is 11.7. The number of carbonyl (C=O) groups is 1. The van der Waals surface area contributed by atoms with Crippen molar-refractivity contribution >= 4 is 33.0 Å². The van der Waals surface area contributed by atoms with Gasteiger partial charge in [0.2, 0.25) is 5.91 Å². The zero-order valence-electron chi connectivity index (χ0n) is 10.7. The molecule has 1 unspecified atom stereocenters. The highest BCUT2D eigenvalue weighted by atomic mass is 32.1. The highest BCUT2D eigenvalue weighted by Gasteiger charge is 2.05. The van der Waals surface area contributed by atoms with Crippen molar-refractivity contribution in [3.05, 3.63) is 29.6 Å². The number of anilines is 1. The molecule has 0 aliphatic carbocycles. The fourth-order valence-corrected chi connectivity index (χ4v) is 2.43. The summed E-state index contributed by atoms with van der Waals surface area (Å²) in [5.74, 6) is 0.00452. The topological polar surface area (TPSA) is 41.1 Å². The first-order valence-electron chi connectivity index (χ1n) is 6.19. The first-order valence-corrected chi connectivity index (χ1v) is 7.07. The first-order chi connectivity index (χ1) is 8.69. The third kappa shape index (κ3) is 3.31. The summed E-state index contributed by atoms with van der Waals surface area (Å²) in [7, 11) is 0. The minimum atomic E-state index is 0.00452. The number of amides is 1. The summed E-state index contributed by atoms with van der Waals surface area (Å²) in [6.45, 7) is 4.53. The molecule has 2 rings (SSSR count). The predicted octanol–water partition coefficient (Wildman–Crippen LogP) is 3.23. The standard InChI is InChI=1S/C14H18N2OS/c1-3-10(2)15-9-14(17)16-12-4-5-13-11(8-12)6-7-18-13/h4-8,10,15H,3,9H2,1-2H3,(H,16,17). The fraction of sp³-hybridized carbons (Fsp3) is 0.357. The van der Waals surface area contributed by atoms with Crippen LogP contribution in [0.3, 0.4) is 0 Å². The lowest BCUT2D eigenvalue weighted by Crippen LogP contribution is -2.33. The molecule has 18 heavy (non-hydrogen) atoms. The number of benzene rings is 1. The zero-order valence-corrected chi connectivity index (χ0v) is 11.5. The van der Waals surface area contributed by atoms with E-state index in [4.69, 9.17) is 0 Å². The largest absolute Gasteiger partial charge is 0.325 e. The van der Waals surface area contributed by atoms with Crippen LogP contribution in [0.25, 0.3) is 10.1 Å². The molecule has 1 amide bonds. The molecule has 2 N–H and O–H groups in total. The molecule has 1 aromatic heterocycles. The van der Waals surface area contributed by atoms with E-state index in [1.165, 1.54) is 10.1 Å². The van der Waals surface area contributed by atoms with Gasteiger partial charge in [-0.05, 0) is 48.4 Å². The van der Waals surface area contributed by atoms with Crippen LogP contribution in [-0.4, -0.2) is 18.5 Å². The van der Waals surface area contributed by atoms with E-state index in [1.807, 2.05) is 18.2 Å². The number of nitrogens with one attached hydrogen (secondary N) is 2. The van der Waals surface area contributed by atoms with Crippen LogP contribution >= 0.6 is 11.3 Å². The Morgan fingerprint density at radius 1 is 1.39 bits per heavy atom. The van der Waals surface area contributed by atoms with E-state index in [1.54, 1.807) is 11.3 Å². The average Bonchev–Trinajstić information content (AvgIpc) is 2.83. The Kier molecular flexibility index (Phi) is 4.33. The van der Waals surface area contributed by atoms with Crippen molar-refractivity contribution in [2.24, 2.45) is 0 Å². The van der Waals surface area contributed by atoms with Crippen molar-refractivity contribution in [1.82, 2.24) is 5.32 Å². The summed E-state index contributed by atoms with van der Waals surface area (Å²) >= 11 is 1.71.